The Morgan fingerprint density at radius 1 is 1.53 bits per heavy atom. The lowest BCUT2D eigenvalue weighted by molar-refractivity contribution is -0.546. The van der Waals surface area contributed by atoms with Crippen molar-refractivity contribution in [1.82, 2.24) is 0 Å². The number of hydrogen-bond acceptors (Lipinski definition) is 5. The monoisotopic (exact) mass is 234 g/mol. The zero-order valence-corrected chi connectivity index (χ0v) is 9.12. The lowest BCUT2D eigenvalue weighted by atomic mass is 9.92. The Morgan fingerprint density at radius 3 is 2.53 bits per heavy atom. The summed E-state index contributed by atoms with van der Waals surface area (Å²) in [6.07, 6.45) is 0. The van der Waals surface area contributed by atoms with E-state index in [1.54, 1.807) is 6.07 Å². The molecule has 0 spiro atoms. The van der Waals surface area contributed by atoms with Gasteiger partial charge >= 0.3 is 11.5 Å². The zero-order chi connectivity index (χ0) is 12.9. The summed E-state index contributed by atoms with van der Waals surface area (Å²) >= 11 is 0. The van der Waals surface area contributed by atoms with E-state index >= 15 is 0 Å². The maximum Gasteiger partial charge on any atom is 0.424 e. The van der Waals surface area contributed by atoms with Gasteiger partial charge in [0.15, 0.2) is 6.07 Å². The van der Waals surface area contributed by atoms with Gasteiger partial charge in [-0.15, -0.1) is 0 Å². The molecular formula is C11H10N2O4. The Morgan fingerprint density at radius 2 is 2.12 bits per heavy atom. The molecule has 1 aromatic carbocycles. The van der Waals surface area contributed by atoms with Gasteiger partial charge in [-0.1, -0.05) is 30.3 Å². The van der Waals surface area contributed by atoms with E-state index < -0.39 is 16.4 Å². The molecule has 0 saturated carbocycles. The van der Waals surface area contributed by atoms with Gasteiger partial charge in [-0.05, 0) is 6.92 Å². The Bertz CT molecular complexity index is 466. The third kappa shape index (κ3) is 2.08. The highest BCUT2D eigenvalue weighted by Crippen LogP contribution is 2.25. The topological polar surface area (TPSA) is 93.2 Å². The van der Waals surface area contributed by atoms with E-state index in [4.69, 9.17) is 5.26 Å². The number of carbonyl (C=O) groups is 1. The Balaban J connectivity index is 3.35. The smallest absolute Gasteiger partial charge is 0.424 e. The van der Waals surface area contributed by atoms with E-state index in [9.17, 15) is 14.9 Å². The van der Waals surface area contributed by atoms with Crippen LogP contribution in [0.5, 0.6) is 0 Å². The van der Waals surface area contributed by atoms with Crippen LogP contribution >= 0.6 is 0 Å². The second-order valence-electron chi connectivity index (χ2n) is 3.17. The Kier molecular flexibility index (Phi) is 3.78. The standard InChI is InChI=1S/C11H10N2O4/c1-2-17-10(14)11(8-12,13(15)16)9-6-4-3-5-7-9/h3-7H,2H2,1H3. The first-order chi connectivity index (χ1) is 8.09. The molecule has 17 heavy (non-hydrogen) atoms. The summed E-state index contributed by atoms with van der Waals surface area (Å²) in [4.78, 5) is 21.8. The summed E-state index contributed by atoms with van der Waals surface area (Å²) in [5.41, 5.74) is -2.50. The molecule has 0 aliphatic rings. The maximum atomic E-state index is 11.7. The van der Waals surface area contributed by atoms with Crippen molar-refractivity contribution in [3.05, 3.63) is 46.0 Å². The number of esters is 1. The van der Waals surface area contributed by atoms with Crippen LogP contribution in [0.4, 0.5) is 0 Å². The summed E-state index contributed by atoms with van der Waals surface area (Å²) in [5.74, 6) is -1.17. The SMILES string of the molecule is CCOC(=O)C(C#N)(c1ccccc1)[N+](=O)[O-]. The third-order valence-electron chi connectivity index (χ3n) is 2.20. The van der Waals surface area contributed by atoms with Gasteiger partial charge in [-0.3, -0.25) is 10.1 Å². The molecule has 6 nitrogen and oxygen atoms in total. The van der Waals surface area contributed by atoms with Crippen molar-refractivity contribution < 1.29 is 14.5 Å². The molecule has 0 radical (unpaired) electrons. The number of ether oxygens (including phenoxy) is 1. The first-order valence-corrected chi connectivity index (χ1v) is 4.88. The lowest BCUT2D eigenvalue weighted by Crippen LogP contribution is -2.43. The van der Waals surface area contributed by atoms with Crippen molar-refractivity contribution in [3.8, 4) is 6.07 Å². The highest BCUT2D eigenvalue weighted by molar-refractivity contribution is 5.84. The van der Waals surface area contributed by atoms with Crippen molar-refractivity contribution in [2.24, 2.45) is 0 Å². The molecule has 0 aromatic heterocycles. The molecule has 88 valence electrons. The van der Waals surface area contributed by atoms with Crippen LogP contribution < -0.4 is 0 Å². The molecule has 1 aromatic rings. The van der Waals surface area contributed by atoms with E-state index in [2.05, 4.69) is 4.74 Å². The van der Waals surface area contributed by atoms with Gasteiger partial charge in [0.25, 0.3) is 0 Å². The molecule has 0 heterocycles. The van der Waals surface area contributed by atoms with Gasteiger partial charge in [0.05, 0.1) is 17.1 Å². The normalized spacial score (nSPS) is 13.2. The van der Waals surface area contributed by atoms with E-state index in [0.29, 0.717) is 0 Å². The van der Waals surface area contributed by atoms with Crippen molar-refractivity contribution in [1.29, 1.82) is 5.26 Å². The second-order valence-corrected chi connectivity index (χ2v) is 3.17. The van der Waals surface area contributed by atoms with E-state index in [1.165, 1.54) is 37.3 Å². The molecule has 1 unspecified atom stereocenters. The summed E-state index contributed by atoms with van der Waals surface area (Å²) in [5, 5.41) is 20.1. The van der Waals surface area contributed by atoms with Crippen LogP contribution in [0.15, 0.2) is 30.3 Å². The lowest BCUT2D eigenvalue weighted by Gasteiger charge is -2.16. The number of benzene rings is 1. The second kappa shape index (κ2) is 5.07. The van der Waals surface area contributed by atoms with Crippen LogP contribution in [0.1, 0.15) is 12.5 Å². The molecule has 0 bridgehead atoms. The van der Waals surface area contributed by atoms with Gasteiger partial charge in [-0.25, -0.2) is 4.79 Å². The Labute approximate surface area is 97.6 Å². The minimum atomic E-state index is -2.49. The van der Waals surface area contributed by atoms with Gasteiger partial charge in [0, 0.05) is 0 Å². The molecule has 0 aliphatic carbocycles. The average molecular weight is 234 g/mol. The van der Waals surface area contributed by atoms with Crippen LogP contribution in [0, 0.1) is 21.4 Å². The molecular weight excluding hydrogens is 224 g/mol. The summed E-state index contributed by atoms with van der Waals surface area (Å²) < 4.78 is 4.61. The average Bonchev–Trinajstić information content (AvgIpc) is 2.32. The van der Waals surface area contributed by atoms with Crippen molar-refractivity contribution in [3.63, 3.8) is 0 Å². The fourth-order valence-electron chi connectivity index (χ4n) is 1.36. The van der Waals surface area contributed by atoms with Crippen molar-refractivity contribution in [2.75, 3.05) is 6.61 Å². The predicted octanol–water partition coefficient (Wildman–Crippen LogP) is 1.25. The van der Waals surface area contributed by atoms with E-state index in [1.807, 2.05) is 0 Å². The van der Waals surface area contributed by atoms with Crippen LogP contribution in [0.25, 0.3) is 0 Å². The van der Waals surface area contributed by atoms with E-state index in [-0.39, 0.29) is 12.2 Å². The first-order valence-electron chi connectivity index (χ1n) is 4.88. The quantitative estimate of drug-likeness (QED) is 0.444. The fraction of sp³-hybridized carbons (Fsp3) is 0.273. The highest BCUT2D eigenvalue weighted by atomic mass is 16.6. The molecule has 0 amide bonds. The number of nitriles is 1. The number of nitro groups is 1. The molecule has 0 aliphatic heterocycles. The van der Waals surface area contributed by atoms with Crippen molar-refractivity contribution >= 4 is 5.97 Å². The number of carbonyl (C=O) groups excluding carboxylic acids is 1. The van der Waals surface area contributed by atoms with Crippen molar-refractivity contribution in [2.45, 2.75) is 12.5 Å². The predicted molar refractivity (Wildman–Crippen MR) is 57.4 cm³/mol. The molecule has 0 N–H and O–H groups in total. The Hall–Kier alpha value is -2.42. The van der Waals surface area contributed by atoms with Gasteiger partial charge in [0.2, 0.25) is 0 Å². The molecule has 0 saturated heterocycles. The number of rotatable bonds is 4. The molecule has 0 fully saturated rings. The largest absolute Gasteiger partial charge is 0.460 e. The summed E-state index contributed by atoms with van der Waals surface area (Å²) in [6, 6.07) is 8.81. The summed E-state index contributed by atoms with van der Waals surface area (Å²) in [6.45, 7) is 1.49. The third-order valence-corrected chi connectivity index (χ3v) is 2.20. The highest BCUT2D eigenvalue weighted by Gasteiger charge is 2.55. The van der Waals surface area contributed by atoms with E-state index in [0.717, 1.165) is 0 Å². The number of hydrogen-bond donors (Lipinski definition) is 0. The van der Waals surface area contributed by atoms with Crippen LogP contribution in [0.3, 0.4) is 0 Å². The van der Waals surface area contributed by atoms with Crippen LogP contribution in [-0.4, -0.2) is 17.5 Å². The van der Waals surface area contributed by atoms with Crippen LogP contribution in [-0.2, 0) is 15.1 Å². The summed E-state index contributed by atoms with van der Waals surface area (Å²) in [7, 11) is 0. The fourth-order valence-corrected chi connectivity index (χ4v) is 1.36. The zero-order valence-electron chi connectivity index (χ0n) is 9.12. The molecule has 1 atom stereocenters. The molecule has 1 rings (SSSR count). The van der Waals surface area contributed by atoms with Crippen LogP contribution in [0.2, 0.25) is 0 Å². The van der Waals surface area contributed by atoms with Gasteiger partial charge in [0.1, 0.15) is 0 Å². The molecule has 6 heteroatoms. The van der Waals surface area contributed by atoms with Gasteiger partial charge < -0.3 is 4.74 Å². The maximum absolute atomic E-state index is 11.7. The minimum Gasteiger partial charge on any atom is -0.460 e. The van der Waals surface area contributed by atoms with Gasteiger partial charge in [-0.2, -0.15) is 5.26 Å². The number of nitrogens with zero attached hydrogens (tertiary/aromatic N) is 2. The first kappa shape index (κ1) is 12.6. The minimum absolute atomic E-state index is 0.00838.